The van der Waals surface area contributed by atoms with Crippen LogP contribution >= 0.6 is 0 Å². The molecule has 0 aromatic rings. The molecule has 0 saturated carbocycles. The summed E-state index contributed by atoms with van der Waals surface area (Å²) in [7, 11) is 0. The number of hydrogen-bond acceptors (Lipinski definition) is 3. The first kappa shape index (κ1) is 50.9. The molecule has 1 amide bonds. The Balaban J connectivity index is 3.49. The van der Waals surface area contributed by atoms with Crippen molar-refractivity contribution in [1.82, 2.24) is 5.32 Å². The number of unbranched alkanes of at least 4 members (excludes halogenated alkanes) is 34. The summed E-state index contributed by atoms with van der Waals surface area (Å²) in [4.78, 5) is 12.4. The summed E-state index contributed by atoms with van der Waals surface area (Å²) in [5.74, 6) is -0.0633. The maximum absolute atomic E-state index is 12.4. The first-order valence-electron chi connectivity index (χ1n) is 23.6. The molecule has 2 unspecified atom stereocenters. The van der Waals surface area contributed by atoms with Gasteiger partial charge in [-0.25, -0.2) is 0 Å². The van der Waals surface area contributed by atoms with E-state index in [0.29, 0.717) is 6.42 Å². The van der Waals surface area contributed by atoms with Crippen LogP contribution in [-0.2, 0) is 4.79 Å². The molecule has 2 atom stereocenters. The fraction of sp³-hybridized carbons (Fsp3) is 0.896. The van der Waals surface area contributed by atoms with Crippen LogP contribution in [0.2, 0.25) is 0 Å². The Morgan fingerprint density at radius 1 is 0.442 bits per heavy atom. The molecule has 3 N–H and O–H groups in total. The van der Waals surface area contributed by atoms with Crippen LogP contribution in [0.15, 0.2) is 24.3 Å². The SMILES string of the molecule is CCCCCCCCCCCCCC/C=C\CCCCCCCCCCCCC(=O)NC(CO)C(O)/C=C/CCCCCCCCCCCCCC. The van der Waals surface area contributed by atoms with Crippen molar-refractivity contribution >= 4 is 5.91 Å². The van der Waals surface area contributed by atoms with Gasteiger partial charge in [0.1, 0.15) is 0 Å². The van der Waals surface area contributed by atoms with Gasteiger partial charge in [-0.2, -0.15) is 0 Å². The van der Waals surface area contributed by atoms with E-state index < -0.39 is 12.1 Å². The Labute approximate surface area is 326 Å². The first-order chi connectivity index (χ1) is 25.7. The first-order valence-corrected chi connectivity index (χ1v) is 23.6. The van der Waals surface area contributed by atoms with E-state index in [2.05, 4.69) is 31.3 Å². The zero-order chi connectivity index (χ0) is 37.8. The zero-order valence-electron chi connectivity index (χ0n) is 35.3. The number of amides is 1. The van der Waals surface area contributed by atoms with E-state index in [1.165, 1.54) is 212 Å². The highest BCUT2D eigenvalue weighted by atomic mass is 16.3. The molecule has 0 bridgehead atoms. The third-order valence-electron chi connectivity index (χ3n) is 10.9. The van der Waals surface area contributed by atoms with Gasteiger partial charge in [-0.15, -0.1) is 0 Å². The summed E-state index contributed by atoms with van der Waals surface area (Å²) in [6.45, 7) is 4.32. The van der Waals surface area contributed by atoms with Crippen LogP contribution in [0, 0.1) is 0 Å². The predicted octanol–water partition coefficient (Wildman–Crippen LogP) is 14.8. The van der Waals surface area contributed by atoms with Crippen molar-refractivity contribution in [2.75, 3.05) is 6.61 Å². The Hall–Kier alpha value is -1.13. The average molecular weight is 732 g/mol. The molecule has 0 spiro atoms. The van der Waals surface area contributed by atoms with Crippen LogP contribution in [0.5, 0.6) is 0 Å². The topological polar surface area (TPSA) is 69.6 Å². The Bertz CT molecular complexity index is 750. The Kier molecular flexibility index (Phi) is 43.3. The lowest BCUT2D eigenvalue weighted by atomic mass is 10.0. The number of carbonyl (C=O) groups excluding carboxylic acids is 1. The molecule has 0 aromatic carbocycles. The molecule has 0 heterocycles. The van der Waals surface area contributed by atoms with E-state index in [0.717, 1.165) is 25.7 Å². The molecule has 0 aliphatic carbocycles. The number of hydrogen-bond donors (Lipinski definition) is 3. The summed E-state index contributed by atoms with van der Waals surface area (Å²) in [5, 5.41) is 23.0. The van der Waals surface area contributed by atoms with E-state index in [4.69, 9.17) is 0 Å². The van der Waals surface area contributed by atoms with E-state index >= 15 is 0 Å². The minimum Gasteiger partial charge on any atom is -0.394 e. The summed E-state index contributed by atoms with van der Waals surface area (Å²) >= 11 is 0. The van der Waals surface area contributed by atoms with E-state index in [1.807, 2.05) is 6.08 Å². The molecule has 0 radical (unpaired) electrons. The fourth-order valence-corrected chi connectivity index (χ4v) is 7.29. The minimum atomic E-state index is -0.836. The third-order valence-corrected chi connectivity index (χ3v) is 10.9. The molecule has 0 aliphatic heterocycles. The number of allylic oxidation sites excluding steroid dienone is 3. The van der Waals surface area contributed by atoms with Crippen molar-refractivity contribution in [2.45, 2.75) is 270 Å². The van der Waals surface area contributed by atoms with Gasteiger partial charge in [-0.05, 0) is 44.9 Å². The molecule has 0 saturated heterocycles. The smallest absolute Gasteiger partial charge is 0.220 e. The van der Waals surface area contributed by atoms with Crippen molar-refractivity contribution in [3.8, 4) is 0 Å². The highest BCUT2D eigenvalue weighted by molar-refractivity contribution is 5.76. The maximum atomic E-state index is 12.4. The second kappa shape index (κ2) is 44.3. The van der Waals surface area contributed by atoms with Crippen LogP contribution in [0.1, 0.15) is 258 Å². The second-order valence-corrected chi connectivity index (χ2v) is 16.2. The highest BCUT2D eigenvalue weighted by Crippen LogP contribution is 2.16. The summed E-state index contributed by atoms with van der Waals surface area (Å²) in [5.41, 5.74) is 0. The van der Waals surface area contributed by atoms with Gasteiger partial charge in [0, 0.05) is 6.42 Å². The molecular formula is C48H93NO3. The zero-order valence-corrected chi connectivity index (χ0v) is 35.3. The standard InChI is InChI=1S/C48H93NO3/c1-3-5-7-9-11-13-15-17-19-20-21-22-23-24-25-26-27-28-29-30-32-34-36-38-40-42-44-48(52)49-46(45-50)47(51)43-41-39-37-35-33-31-18-16-14-12-10-8-6-4-2/h24-25,41,43,46-47,50-51H,3-23,26-40,42,44-45H2,1-2H3,(H,49,52)/b25-24-,43-41+. The van der Waals surface area contributed by atoms with Crippen molar-refractivity contribution in [3.05, 3.63) is 24.3 Å². The summed E-state index contributed by atoms with van der Waals surface area (Å²) in [6, 6.07) is -0.620. The van der Waals surface area contributed by atoms with Gasteiger partial charge in [0.2, 0.25) is 5.91 Å². The Morgan fingerprint density at radius 3 is 1.06 bits per heavy atom. The van der Waals surface area contributed by atoms with Gasteiger partial charge in [-0.1, -0.05) is 231 Å². The molecule has 0 aromatic heterocycles. The normalized spacial score (nSPS) is 13.1. The van der Waals surface area contributed by atoms with Gasteiger partial charge in [-0.3, -0.25) is 4.79 Å². The van der Waals surface area contributed by atoms with Crippen molar-refractivity contribution in [1.29, 1.82) is 0 Å². The lowest BCUT2D eigenvalue weighted by Gasteiger charge is -2.20. The minimum absolute atomic E-state index is 0.0633. The Morgan fingerprint density at radius 2 is 0.731 bits per heavy atom. The molecule has 4 nitrogen and oxygen atoms in total. The van der Waals surface area contributed by atoms with Crippen molar-refractivity contribution in [2.24, 2.45) is 0 Å². The van der Waals surface area contributed by atoms with Crippen LogP contribution in [0.3, 0.4) is 0 Å². The molecule has 308 valence electrons. The average Bonchev–Trinajstić information content (AvgIpc) is 3.15. The molecular weight excluding hydrogens is 639 g/mol. The molecule has 52 heavy (non-hydrogen) atoms. The third kappa shape index (κ3) is 40.1. The molecule has 0 fully saturated rings. The van der Waals surface area contributed by atoms with Crippen LogP contribution in [-0.4, -0.2) is 34.9 Å². The second-order valence-electron chi connectivity index (χ2n) is 16.2. The van der Waals surface area contributed by atoms with E-state index in [9.17, 15) is 15.0 Å². The van der Waals surface area contributed by atoms with E-state index in [-0.39, 0.29) is 12.5 Å². The van der Waals surface area contributed by atoms with Gasteiger partial charge in [0.15, 0.2) is 0 Å². The highest BCUT2D eigenvalue weighted by Gasteiger charge is 2.17. The lowest BCUT2D eigenvalue weighted by molar-refractivity contribution is -0.123. The quantitative estimate of drug-likeness (QED) is 0.0432. The fourth-order valence-electron chi connectivity index (χ4n) is 7.29. The van der Waals surface area contributed by atoms with Crippen LogP contribution in [0.4, 0.5) is 0 Å². The van der Waals surface area contributed by atoms with Crippen molar-refractivity contribution in [3.63, 3.8) is 0 Å². The largest absolute Gasteiger partial charge is 0.394 e. The van der Waals surface area contributed by atoms with Gasteiger partial charge < -0.3 is 15.5 Å². The molecule has 0 aliphatic rings. The number of aliphatic hydroxyl groups excluding tert-OH is 2. The van der Waals surface area contributed by atoms with Crippen LogP contribution in [0.25, 0.3) is 0 Å². The molecule has 4 heteroatoms. The lowest BCUT2D eigenvalue weighted by Crippen LogP contribution is -2.45. The maximum Gasteiger partial charge on any atom is 0.220 e. The number of carbonyl (C=O) groups is 1. The van der Waals surface area contributed by atoms with Gasteiger partial charge in [0.25, 0.3) is 0 Å². The molecule has 0 rings (SSSR count). The summed E-state index contributed by atoms with van der Waals surface area (Å²) < 4.78 is 0. The number of rotatable bonds is 43. The summed E-state index contributed by atoms with van der Waals surface area (Å²) in [6.07, 6.45) is 57.3. The van der Waals surface area contributed by atoms with Crippen LogP contribution < -0.4 is 5.32 Å². The number of nitrogens with one attached hydrogen (secondary N) is 1. The predicted molar refractivity (Wildman–Crippen MR) is 230 cm³/mol. The van der Waals surface area contributed by atoms with E-state index in [1.54, 1.807) is 6.08 Å². The van der Waals surface area contributed by atoms with Gasteiger partial charge in [0.05, 0.1) is 18.8 Å². The van der Waals surface area contributed by atoms with Crippen molar-refractivity contribution < 1.29 is 15.0 Å². The number of aliphatic hydroxyl groups is 2. The van der Waals surface area contributed by atoms with Gasteiger partial charge >= 0.3 is 0 Å². The monoisotopic (exact) mass is 732 g/mol.